The summed E-state index contributed by atoms with van der Waals surface area (Å²) in [6.07, 6.45) is 2.89. The highest BCUT2D eigenvalue weighted by atomic mass is 16.6. The smallest absolute Gasteiger partial charge is 0.219 e. The summed E-state index contributed by atoms with van der Waals surface area (Å²) >= 11 is 0. The molecule has 0 aliphatic carbocycles. The molecule has 4 heteroatoms. The molecule has 0 aromatic heterocycles. The molecule has 2 aliphatic rings. The fraction of sp³-hybridized carbons (Fsp3) is 0.562. The third-order valence-electron chi connectivity index (χ3n) is 4.34. The zero-order valence-electron chi connectivity index (χ0n) is 11.9. The van der Waals surface area contributed by atoms with Crippen LogP contribution in [0.25, 0.3) is 0 Å². The Hall–Kier alpha value is -1.55. The van der Waals surface area contributed by atoms with E-state index in [-0.39, 0.29) is 17.6 Å². The molecule has 1 atom stereocenters. The molecule has 3 rings (SSSR count). The molecule has 2 saturated heterocycles. The van der Waals surface area contributed by atoms with E-state index in [2.05, 4.69) is 0 Å². The number of piperidine rings is 1. The van der Waals surface area contributed by atoms with Crippen molar-refractivity contribution in [2.75, 3.05) is 19.7 Å². The van der Waals surface area contributed by atoms with E-state index in [1.165, 1.54) is 0 Å². The second-order valence-corrected chi connectivity index (χ2v) is 5.76. The van der Waals surface area contributed by atoms with Gasteiger partial charge in [-0.3, -0.25) is 4.79 Å². The number of benzene rings is 1. The third kappa shape index (κ3) is 2.80. The first kappa shape index (κ1) is 13.4. The lowest BCUT2D eigenvalue weighted by Gasteiger charge is -2.38. The first-order valence-electron chi connectivity index (χ1n) is 7.28. The van der Waals surface area contributed by atoms with E-state index >= 15 is 0 Å². The molecule has 1 amide bonds. The maximum atomic E-state index is 11.4. The number of ether oxygens (including phenoxy) is 2. The predicted octanol–water partition coefficient (Wildman–Crippen LogP) is 2.24. The molecule has 1 unspecified atom stereocenters. The molecule has 2 heterocycles. The van der Waals surface area contributed by atoms with Crippen LogP contribution in [0.5, 0.6) is 5.75 Å². The van der Waals surface area contributed by atoms with Gasteiger partial charge in [0.05, 0.1) is 12.2 Å². The van der Waals surface area contributed by atoms with Crippen LogP contribution in [0.3, 0.4) is 0 Å². The van der Waals surface area contributed by atoms with Crippen LogP contribution in [0.4, 0.5) is 0 Å². The van der Waals surface area contributed by atoms with Crippen LogP contribution in [0.2, 0.25) is 0 Å². The van der Waals surface area contributed by atoms with Gasteiger partial charge in [0.2, 0.25) is 5.91 Å². The normalized spacial score (nSPS) is 24.9. The van der Waals surface area contributed by atoms with Crippen molar-refractivity contribution in [2.24, 2.45) is 0 Å². The van der Waals surface area contributed by atoms with Crippen LogP contribution in [-0.2, 0) is 9.53 Å². The Labute approximate surface area is 119 Å². The zero-order chi connectivity index (χ0) is 14.0. The molecule has 1 spiro atoms. The van der Waals surface area contributed by atoms with Crippen molar-refractivity contribution in [3.8, 4) is 5.75 Å². The van der Waals surface area contributed by atoms with Crippen molar-refractivity contribution < 1.29 is 14.3 Å². The average Bonchev–Trinajstić information content (AvgIpc) is 2.83. The number of nitrogens with zero attached hydrogens (tertiary/aromatic N) is 1. The summed E-state index contributed by atoms with van der Waals surface area (Å²) in [5.74, 6) is 1.06. The SMILES string of the molecule is CC(=O)N1CCC2(CC1)CC(Oc1ccccc1)CO2. The van der Waals surface area contributed by atoms with Crippen molar-refractivity contribution in [2.45, 2.75) is 37.9 Å². The Balaban J connectivity index is 1.56. The first-order chi connectivity index (χ1) is 9.67. The van der Waals surface area contributed by atoms with E-state index in [0.717, 1.165) is 38.1 Å². The second kappa shape index (κ2) is 5.44. The molecule has 2 aliphatic heterocycles. The van der Waals surface area contributed by atoms with Gasteiger partial charge in [0, 0.05) is 26.4 Å². The van der Waals surface area contributed by atoms with Crippen LogP contribution < -0.4 is 4.74 Å². The number of para-hydroxylation sites is 1. The third-order valence-corrected chi connectivity index (χ3v) is 4.34. The Morgan fingerprint density at radius 2 is 2.00 bits per heavy atom. The molecule has 0 saturated carbocycles. The summed E-state index contributed by atoms with van der Waals surface area (Å²) in [4.78, 5) is 13.3. The number of carbonyl (C=O) groups is 1. The summed E-state index contributed by atoms with van der Waals surface area (Å²) in [5, 5.41) is 0. The minimum absolute atomic E-state index is 0.0780. The van der Waals surface area contributed by atoms with Gasteiger partial charge in [-0.15, -0.1) is 0 Å². The van der Waals surface area contributed by atoms with E-state index in [9.17, 15) is 4.79 Å². The molecule has 20 heavy (non-hydrogen) atoms. The van der Waals surface area contributed by atoms with Crippen molar-refractivity contribution in [3.63, 3.8) is 0 Å². The van der Waals surface area contributed by atoms with Crippen molar-refractivity contribution >= 4 is 5.91 Å². The van der Waals surface area contributed by atoms with E-state index in [4.69, 9.17) is 9.47 Å². The van der Waals surface area contributed by atoms with E-state index in [0.29, 0.717) is 6.61 Å². The first-order valence-corrected chi connectivity index (χ1v) is 7.28. The van der Waals surface area contributed by atoms with Gasteiger partial charge in [0.25, 0.3) is 0 Å². The summed E-state index contributed by atoms with van der Waals surface area (Å²) in [6, 6.07) is 9.89. The van der Waals surface area contributed by atoms with Crippen LogP contribution in [0.1, 0.15) is 26.2 Å². The average molecular weight is 275 g/mol. The highest BCUT2D eigenvalue weighted by Crippen LogP contribution is 2.37. The molecule has 0 N–H and O–H groups in total. The minimum atomic E-state index is -0.0780. The number of hydrogen-bond donors (Lipinski definition) is 0. The lowest BCUT2D eigenvalue weighted by atomic mass is 9.88. The van der Waals surface area contributed by atoms with Gasteiger partial charge in [-0.05, 0) is 25.0 Å². The Bertz CT molecular complexity index is 466. The molecule has 4 nitrogen and oxygen atoms in total. The Kier molecular flexibility index (Phi) is 3.66. The highest BCUT2D eigenvalue weighted by molar-refractivity contribution is 5.73. The molecule has 108 valence electrons. The van der Waals surface area contributed by atoms with Gasteiger partial charge < -0.3 is 14.4 Å². The largest absolute Gasteiger partial charge is 0.488 e. The fourth-order valence-corrected chi connectivity index (χ4v) is 3.15. The van der Waals surface area contributed by atoms with E-state index in [1.54, 1.807) is 6.92 Å². The predicted molar refractivity (Wildman–Crippen MR) is 75.6 cm³/mol. The number of likely N-dealkylation sites (tertiary alicyclic amines) is 1. The van der Waals surface area contributed by atoms with Gasteiger partial charge in [-0.1, -0.05) is 18.2 Å². The number of rotatable bonds is 2. The summed E-state index contributed by atoms with van der Waals surface area (Å²) in [5.41, 5.74) is -0.0780. The standard InChI is InChI=1S/C16H21NO3/c1-13(18)17-9-7-16(8-10-17)11-15(12-19-16)20-14-5-3-2-4-6-14/h2-6,15H,7-12H2,1H3. The summed E-state index contributed by atoms with van der Waals surface area (Å²) < 4.78 is 12.0. The fourth-order valence-electron chi connectivity index (χ4n) is 3.15. The van der Waals surface area contributed by atoms with Crippen LogP contribution in [-0.4, -0.2) is 42.2 Å². The highest BCUT2D eigenvalue weighted by Gasteiger charge is 2.43. The maximum Gasteiger partial charge on any atom is 0.219 e. The van der Waals surface area contributed by atoms with E-state index < -0.39 is 0 Å². The number of amides is 1. The van der Waals surface area contributed by atoms with Gasteiger partial charge in [0.1, 0.15) is 11.9 Å². The number of carbonyl (C=O) groups excluding carboxylic acids is 1. The van der Waals surface area contributed by atoms with Crippen LogP contribution >= 0.6 is 0 Å². The molecular weight excluding hydrogens is 254 g/mol. The Morgan fingerprint density at radius 1 is 1.30 bits per heavy atom. The topological polar surface area (TPSA) is 38.8 Å². The molecule has 0 radical (unpaired) electrons. The Morgan fingerprint density at radius 3 is 2.65 bits per heavy atom. The quantitative estimate of drug-likeness (QED) is 0.831. The molecule has 1 aromatic rings. The zero-order valence-corrected chi connectivity index (χ0v) is 11.9. The van der Waals surface area contributed by atoms with Crippen LogP contribution in [0, 0.1) is 0 Å². The maximum absolute atomic E-state index is 11.4. The number of hydrogen-bond acceptors (Lipinski definition) is 3. The summed E-state index contributed by atoms with van der Waals surface area (Å²) in [7, 11) is 0. The van der Waals surface area contributed by atoms with E-state index in [1.807, 2.05) is 35.2 Å². The molecule has 2 fully saturated rings. The summed E-state index contributed by atoms with van der Waals surface area (Å²) in [6.45, 7) is 3.88. The lowest BCUT2D eigenvalue weighted by Crippen LogP contribution is -2.46. The second-order valence-electron chi connectivity index (χ2n) is 5.76. The molecule has 1 aromatic carbocycles. The van der Waals surface area contributed by atoms with Gasteiger partial charge in [-0.25, -0.2) is 0 Å². The van der Waals surface area contributed by atoms with Gasteiger partial charge in [-0.2, -0.15) is 0 Å². The minimum Gasteiger partial charge on any atom is -0.488 e. The molecular formula is C16H21NO3. The monoisotopic (exact) mass is 275 g/mol. The van der Waals surface area contributed by atoms with Crippen molar-refractivity contribution in [3.05, 3.63) is 30.3 Å². The van der Waals surface area contributed by atoms with Crippen molar-refractivity contribution in [1.29, 1.82) is 0 Å². The molecule has 0 bridgehead atoms. The van der Waals surface area contributed by atoms with Gasteiger partial charge >= 0.3 is 0 Å². The van der Waals surface area contributed by atoms with Crippen LogP contribution in [0.15, 0.2) is 30.3 Å². The van der Waals surface area contributed by atoms with Gasteiger partial charge in [0.15, 0.2) is 0 Å². The lowest BCUT2D eigenvalue weighted by molar-refractivity contribution is -0.133. The van der Waals surface area contributed by atoms with Crippen molar-refractivity contribution in [1.82, 2.24) is 4.90 Å².